The van der Waals surface area contributed by atoms with Crippen molar-refractivity contribution in [1.29, 1.82) is 0 Å². The fourth-order valence-electron chi connectivity index (χ4n) is 1.26. The van der Waals surface area contributed by atoms with Gasteiger partial charge in [-0.1, -0.05) is 19.1 Å². The molecule has 1 atom stereocenters. The molecule has 0 aromatic carbocycles. The molecule has 0 saturated carbocycles. The zero-order valence-corrected chi connectivity index (χ0v) is 6.63. The molecule has 1 heteroatoms. The highest BCUT2D eigenvalue weighted by atomic mass is 16.5. The van der Waals surface area contributed by atoms with Gasteiger partial charge in [-0.15, -0.1) is 0 Å². The van der Waals surface area contributed by atoms with Crippen molar-refractivity contribution in [2.45, 2.75) is 19.8 Å². The molecule has 1 unspecified atom stereocenters. The van der Waals surface area contributed by atoms with E-state index in [4.69, 9.17) is 4.74 Å². The third-order valence-corrected chi connectivity index (χ3v) is 1.95. The van der Waals surface area contributed by atoms with E-state index in [1.807, 2.05) is 0 Å². The van der Waals surface area contributed by atoms with Crippen LogP contribution in [-0.2, 0) is 4.74 Å². The van der Waals surface area contributed by atoms with Crippen molar-refractivity contribution in [2.24, 2.45) is 5.92 Å². The largest absolute Gasteiger partial charge is 0.501 e. The number of rotatable bonds is 2. The molecule has 56 valence electrons. The topological polar surface area (TPSA) is 9.23 Å². The van der Waals surface area contributed by atoms with Gasteiger partial charge in [-0.05, 0) is 18.9 Å². The van der Waals surface area contributed by atoms with Crippen LogP contribution in [0, 0.1) is 5.92 Å². The van der Waals surface area contributed by atoms with E-state index in [0.29, 0.717) is 5.92 Å². The number of hydrogen-bond acceptors (Lipinski definition) is 1. The Balaban J connectivity index is 2.61. The molecule has 1 nitrogen and oxygen atoms in total. The maximum absolute atomic E-state index is 5.20. The summed E-state index contributed by atoms with van der Waals surface area (Å²) >= 11 is 0. The minimum Gasteiger partial charge on any atom is -0.501 e. The molecular formula is C9H14O. The van der Waals surface area contributed by atoms with E-state index in [-0.39, 0.29) is 0 Å². The van der Waals surface area contributed by atoms with Crippen molar-refractivity contribution >= 4 is 0 Å². The lowest BCUT2D eigenvalue weighted by Crippen LogP contribution is -2.05. The van der Waals surface area contributed by atoms with Gasteiger partial charge in [0.2, 0.25) is 0 Å². The summed E-state index contributed by atoms with van der Waals surface area (Å²) in [7, 11) is 1.74. The first-order chi connectivity index (χ1) is 4.88. The van der Waals surface area contributed by atoms with Gasteiger partial charge in [0, 0.05) is 5.92 Å². The molecule has 1 aliphatic carbocycles. The van der Waals surface area contributed by atoms with Crippen LogP contribution >= 0.6 is 0 Å². The maximum Gasteiger partial charge on any atom is 0.0989 e. The average molecular weight is 138 g/mol. The molecule has 0 N–H and O–H groups in total. The Morgan fingerprint density at radius 2 is 2.50 bits per heavy atom. The van der Waals surface area contributed by atoms with Crippen LogP contribution in [0.4, 0.5) is 0 Å². The van der Waals surface area contributed by atoms with Crippen LogP contribution in [0.1, 0.15) is 19.8 Å². The highest BCUT2D eigenvalue weighted by Gasteiger charge is 2.12. The van der Waals surface area contributed by atoms with Crippen LogP contribution in [0.5, 0.6) is 0 Å². The Morgan fingerprint density at radius 1 is 1.70 bits per heavy atom. The molecule has 0 aliphatic heterocycles. The predicted octanol–water partition coefficient (Wildman–Crippen LogP) is 2.50. The van der Waals surface area contributed by atoms with Gasteiger partial charge in [-0.25, -0.2) is 0 Å². The van der Waals surface area contributed by atoms with Crippen molar-refractivity contribution < 1.29 is 4.74 Å². The Labute approximate surface area is 62.4 Å². The molecule has 0 saturated heterocycles. The predicted molar refractivity (Wildman–Crippen MR) is 42.6 cm³/mol. The average Bonchev–Trinajstić information content (AvgIpc) is 2.04. The third-order valence-electron chi connectivity index (χ3n) is 1.95. The molecule has 1 aliphatic rings. The van der Waals surface area contributed by atoms with Gasteiger partial charge in [0.15, 0.2) is 0 Å². The molecule has 0 fully saturated rings. The van der Waals surface area contributed by atoms with Gasteiger partial charge >= 0.3 is 0 Å². The van der Waals surface area contributed by atoms with E-state index in [2.05, 4.69) is 25.2 Å². The second kappa shape index (κ2) is 3.45. The fraction of sp³-hybridized carbons (Fsp3) is 0.556. The van der Waals surface area contributed by atoms with Crippen LogP contribution in [0.2, 0.25) is 0 Å². The minimum absolute atomic E-state index is 0.620. The van der Waals surface area contributed by atoms with Crippen molar-refractivity contribution in [3.63, 3.8) is 0 Å². The molecule has 0 heterocycles. The van der Waals surface area contributed by atoms with Crippen LogP contribution < -0.4 is 0 Å². The van der Waals surface area contributed by atoms with E-state index >= 15 is 0 Å². The van der Waals surface area contributed by atoms with Crippen molar-refractivity contribution in [2.75, 3.05) is 7.11 Å². The lowest BCUT2D eigenvalue weighted by Gasteiger charge is -2.17. The number of allylic oxidation sites excluding steroid dienone is 4. The molecule has 0 aromatic heterocycles. The lowest BCUT2D eigenvalue weighted by molar-refractivity contribution is 0.236. The quantitative estimate of drug-likeness (QED) is 0.569. The van der Waals surface area contributed by atoms with Gasteiger partial charge in [0.1, 0.15) is 0 Å². The van der Waals surface area contributed by atoms with E-state index in [9.17, 15) is 0 Å². The van der Waals surface area contributed by atoms with Gasteiger partial charge in [-0.3, -0.25) is 0 Å². The first kappa shape index (κ1) is 7.39. The summed E-state index contributed by atoms with van der Waals surface area (Å²) in [6.07, 6.45) is 8.61. The zero-order chi connectivity index (χ0) is 7.40. The van der Waals surface area contributed by atoms with Crippen LogP contribution in [0.3, 0.4) is 0 Å². The summed E-state index contributed by atoms with van der Waals surface area (Å²) in [5.74, 6) is 1.75. The summed E-state index contributed by atoms with van der Waals surface area (Å²) in [6.45, 7) is 2.19. The summed E-state index contributed by atoms with van der Waals surface area (Å²) in [5.41, 5.74) is 0. The smallest absolute Gasteiger partial charge is 0.0989 e. The molecule has 0 amide bonds. The third kappa shape index (κ3) is 1.41. The van der Waals surface area contributed by atoms with Crippen LogP contribution in [-0.4, -0.2) is 7.11 Å². The Kier molecular flexibility index (Phi) is 2.55. The molecule has 1 rings (SSSR count). The summed E-state index contributed by atoms with van der Waals surface area (Å²) < 4.78 is 5.20. The van der Waals surface area contributed by atoms with Crippen molar-refractivity contribution in [3.8, 4) is 0 Å². The standard InChI is InChI=1S/C9H14O/c1-3-8-6-4-5-7-9(8)10-2/h4-5,7-8H,3,6H2,1-2H3. The summed E-state index contributed by atoms with van der Waals surface area (Å²) in [4.78, 5) is 0. The van der Waals surface area contributed by atoms with Crippen molar-refractivity contribution in [1.82, 2.24) is 0 Å². The Morgan fingerprint density at radius 3 is 3.00 bits per heavy atom. The highest BCUT2D eigenvalue weighted by Crippen LogP contribution is 2.23. The van der Waals surface area contributed by atoms with E-state index < -0.39 is 0 Å². The molecule has 0 aromatic rings. The van der Waals surface area contributed by atoms with E-state index in [1.54, 1.807) is 7.11 Å². The van der Waals surface area contributed by atoms with Gasteiger partial charge < -0.3 is 4.74 Å². The van der Waals surface area contributed by atoms with E-state index in [0.717, 1.165) is 12.2 Å². The minimum atomic E-state index is 0.620. The summed E-state index contributed by atoms with van der Waals surface area (Å²) in [5, 5.41) is 0. The number of hydrogen-bond donors (Lipinski definition) is 0. The van der Waals surface area contributed by atoms with Gasteiger partial charge in [-0.2, -0.15) is 0 Å². The molecule has 0 radical (unpaired) electrons. The molecule has 0 spiro atoms. The normalized spacial score (nSPS) is 24.2. The molecule has 0 bridgehead atoms. The monoisotopic (exact) mass is 138 g/mol. The number of methoxy groups -OCH3 is 1. The summed E-state index contributed by atoms with van der Waals surface area (Å²) in [6, 6.07) is 0. The van der Waals surface area contributed by atoms with Crippen molar-refractivity contribution in [3.05, 3.63) is 24.0 Å². The first-order valence-corrected chi connectivity index (χ1v) is 3.79. The Bertz CT molecular complexity index is 156. The molecular weight excluding hydrogens is 124 g/mol. The lowest BCUT2D eigenvalue weighted by atomic mass is 9.96. The second-order valence-electron chi connectivity index (χ2n) is 2.54. The Hall–Kier alpha value is -0.720. The highest BCUT2D eigenvalue weighted by molar-refractivity contribution is 5.16. The zero-order valence-electron chi connectivity index (χ0n) is 6.63. The van der Waals surface area contributed by atoms with E-state index in [1.165, 1.54) is 6.42 Å². The maximum atomic E-state index is 5.20. The number of ether oxygens (including phenoxy) is 1. The van der Waals surface area contributed by atoms with Gasteiger partial charge in [0.25, 0.3) is 0 Å². The first-order valence-electron chi connectivity index (χ1n) is 3.79. The van der Waals surface area contributed by atoms with Crippen LogP contribution in [0.15, 0.2) is 24.0 Å². The van der Waals surface area contributed by atoms with Gasteiger partial charge in [0.05, 0.1) is 12.9 Å². The second-order valence-corrected chi connectivity index (χ2v) is 2.54. The SMILES string of the molecule is CCC1CC=CC=C1OC. The van der Waals surface area contributed by atoms with Crippen LogP contribution in [0.25, 0.3) is 0 Å². The fourth-order valence-corrected chi connectivity index (χ4v) is 1.26. The molecule has 10 heavy (non-hydrogen) atoms.